The lowest BCUT2D eigenvalue weighted by atomic mass is 10.2. The van der Waals surface area contributed by atoms with Crippen molar-refractivity contribution in [2.24, 2.45) is 0 Å². The van der Waals surface area contributed by atoms with Crippen molar-refractivity contribution in [2.75, 3.05) is 0 Å². The molecule has 140 valence electrons. The van der Waals surface area contributed by atoms with Crippen LogP contribution in [0.2, 0.25) is 0 Å². The number of alkyl halides is 2. The molecule has 0 saturated heterocycles. The summed E-state index contributed by atoms with van der Waals surface area (Å²) in [5, 5.41) is 9.71. The maximum absolute atomic E-state index is 12.1. The van der Waals surface area contributed by atoms with E-state index < -0.39 is 18.7 Å². The fourth-order valence-electron chi connectivity index (χ4n) is 2.09. The van der Waals surface area contributed by atoms with E-state index in [0.29, 0.717) is 11.5 Å². The van der Waals surface area contributed by atoms with Crippen molar-refractivity contribution in [3.05, 3.63) is 59.3 Å². The number of hydrogen-bond donors (Lipinski definition) is 0. The van der Waals surface area contributed by atoms with Gasteiger partial charge in [-0.15, -0.1) is 21.5 Å². The van der Waals surface area contributed by atoms with E-state index in [-0.39, 0.29) is 11.6 Å². The number of rotatable bonds is 7. The zero-order chi connectivity index (χ0) is 19.2. The quantitative estimate of drug-likeness (QED) is 0.428. The molecule has 0 bridgehead atoms. The van der Waals surface area contributed by atoms with Crippen molar-refractivity contribution < 1.29 is 27.5 Å². The number of carbonyl (C=O) groups excluding carboxylic acids is 1. The molecule has 0 aliphatic carbocycles. The van der Waals surface area contributed by atoms with E-state index in [1.165, 1.54) is 47.8 Å². The minimum Gasteiger partial charge on any atom is -0.449 e. The first-order chi connectivity index (χ1) is 13.0. The van der Waals surface area contributed by atoms with E-state index in [4.69, 9.17) is 9.15 Å². The molecule has 0 amide bonds. The highest BCUT2D eigenvalue weighted by Crippen LogP contribution is 2.26. The van der Waals surface area contributed by atoms with Gasteiger partial charge in [-0.05, 0) is 42.1 Å². The van der Waals surface area contributed by atoms with Crippen LogP contribution in [0.15, 0.2) is 52.3 Å². The Labute approximate surface area is 157 Å². The summed E-state index contributed by atoms with van der Waals surface area (Å²) < 4.78 is 39.2. The van der Waals surface area contributed by atoms with Gasteiger partial charge in [0.05, 0.1) is 4.88 Å². The molecule has 1 atom stereocenters. The van der Waals surface area contributed by atoms with Gasteiger partial charge in [0.2, 0.25) is 0 Å². The molecule has 3 aromatic rings. The fourth-order valence-corrected chi connectivity index (χ4v) is 2.73. The summed E-state index contributed by atoms with van der Waals surface area (Å²) in [4.78, 5) is 12.8. The number of esters is 1. The van der Waals surface area contributed by atoms with Crippen molar-refractivity contribution in [1.82, 2.24) is 10.2 Å². The van der Waals surface area contributed by atoms with Crippen LogP contribution in [0.25, 0.3) is 16.8 Å². The fraction of sp³-hybridized carbons (Fsp3) is 0.167. The van der Waals surface area contributed by atoms with Gasteiger partial charge in [-0.25, -0.2) is 4.79 Å². The molecule has 2 aromatic heterocycles. The van der Waals surface area contributed by atoms with Gasteiger partial charge in [-0.3, -0.25) is 0 Å². The Morgan fingerprint density at radius 3 is 2.67 bits per heavy atom. The van der Waals surface area contributed by atoms with Crippen LogP contribution in [-0.2, 0) is 9.53 Å². The molecule has 0 unspecified atom stereocenters. The SMILES string of the molecule is C[C@@H](OC(=O)/C=C/c1ccc(OC(F)F)cc1)c1nnc(-c2cccs2)o1. The maximum atomic E-state index is 12.1. The van der Waals surface area contributed by atoms with E-state index in [0.717, 1.165) is 4.88 Å². The Hall–Kier alpha value is -3.07. The molecule has 1 aromatic carbocycles. The Bertz CT molecular complexity index is 908. The lowest BCUT2D eigenvalue weighted by Gasteiger charge is -2.06. The zero-order valence-corrected chi connectivity index (χ0v) is 14.9. The monoisotopic (exact) mass is 392 g/mol. The van der Waals surface area contributed by atoms with Gasteiger partial charge >= 0.3 is 12.6 Å². The van der Waals surface area contributed by atoms with Gasteiger partial charge < -0.3 is 13.9 Å². The second-order valence-corrected chi connectivity index (χ2v) is 6.23. The summed E-state index contributed by atoms with van der Waals surface area (Å²) in [5.41, 5.74) is 0.624. The molecule has 27 heavy (non-hydrogen) atoms. The molecule has 0 N–H and O–H groups in total. The van der Waals surface area contributed by atoms with Crippen LogP contribution in [0.1, 0.15) is 24.5 Å². The average Bonchev–Trinajstić information content (AvgIpc) is 3.32. The van der Waals surface area contributed by atoms with Crippen LogP contribution >= 0.6 is 11.3 Å². The smallest absolute Gasteiger partial charge is 0.387 e. The molecule has 2 heterocycles. The molecular weight excluding hydrogens is 378 g/mol. The van der Waals surface area contributed by atoms with Crippen molar-refractivity contribution in [3.8, 4) is 16.5 Å². The van der Waals surface area contributed by atoms with Gasteiger partial charge in [0, 0.05) is 6.08 Å². The van der Waals surface area contributed by atoms with Crippen LogP contribution in [0.3, 0.4) is 0 Å². The number of carbonyl (C=O) groups is 1. The number of benzene rings is 1. The molecule has 0 aliphatic rings. The number of ether oxygens (including phenoxy) is 2. The van der Waals surface area contributed by atoms with Crippen LogP contribution in [0.5, 0.6) is 5.75 Å². The third-order valence-electron chi connectivity index (χ3n) is 3.33. The Morgan fingerprint density at radius 1 is 1.22 bits per heavy atom. The van der Waals surface area contributed by atoms with Gasteiger partial charge in [-0.2, -0.15) is 8.78 Å². The molecule has 0 radical (unpaired) electrons. The topological polar surface area (TPSA) is 74.5 Å². The minimum absolute atomic E-state index is 0.0382. The van der Waals surface area contributed by atoms with E-state index in [2.05, 4.69) is 14.9 Å². The number of thiophene rings is 1. The number of halogens is 2. The predicted octanol–water partition coefficient (Wildman–Crippen LogP) is 4.72. The van der Waals surface area contributed by atoms with Gasteiger partial charge in [0.25, 0.3) is 11.8 Å². The van der Waals surface area contributed by atoms with Gasteiger partial charge in [0.1, 0.15) is 5.75 Å². The van der Waals surface area contributed by atoms with Gasteiger partial charge in [-0.1, -0.05) is 18.2 Å². The number of hydrogen-bond acceptors (Lipinski definition) is 7. The first-order valence-corrected chi connectivity index (χ1v) is 8.70. The van der Waals surface area contributed by atoms with Crippen molar-refractivity contribution in [2.45, 2.75) is 19.6 Å². The highest BCUT2D eigenvalue weighted by Gasteiger charge is 2.18. The highest BCUT2D eigenvalue weighted by atomic mass is 32.1. The minimum atomic E-state index is -2.88. The Morgan fingerprint density at radius 2 is 2.00 bits per heavy atom. The molecule has 9 heteroatoms. The summed E-state index contributed by atoms with van der Waals surface area (Å²) in [5.74, 6) is -0.0132. The lowest BCUT2D eigenvalue weighted by Crippen LogP contribution is -2.06. The predicted molar refractivity (Wildman–Crippen MR) is 94.2 cm³/mol. The third kappa shape index (κ3) is 5.20. The first-order valence-electron chi connectivity index (χ1n) is 7.82. The molecule has 3 rings (SSSR count). The standard InChI is InChI=1S/C18H14F2N2O4S/c1-11(16-21-22-17(26-16)14-3-2-10-27-14)24-15(23)9-6-12-4-7-13(8-5-12)25-18(19)20/h2-11,18H,1H3/b9-6+/t11-/m1/s1. The molecule has 6 nitrogen and oxygen atoms in total. The van der Waals surface area contributed by atoms with Crippen LogP contribution in [0, 0.1) is 0 Å². The summed E-state index contributed by atoms with van der Waals surface area (Å²) in [6.45, 7) is -1.26. The van der Waals surface area contributed by atoms with Crippen LogP contribution in [0.4, 0.5) is 8.78 Å². The van der Waals surface area contributed by atoms with E-state index >= 15 is 0 Å². The van der Waals surface area contributed by atoms with Crippen molar-refractivity contribution >= 4 is 23.4 Å². The molecule has 0 spiro atoms. The Balaban J connectivity index is 1.56. The van der Waals surface area contributed by atoms with Crippen molar-refractivity contribution in [3.63, 3.8) is 0 Å². The Kier molecular flexibility index (Phi) is 5.92. The summed E-state index contributed by atoms with van der Waals surface area (Å²) in [6, 6.07) is 9.55. The first kappa shape index (κ1) is 18.7. The largest absolute Gasteiger partial charge is 0.449 e. The normalized spacial score (nSPS) is 12.4. The molecular formula is C18H14F2N2O4S. The summed E-state index contributed by atoms with van der Waals surface area (Å²) >= 11 is 1.46. The maximum Gasteiger partial charge on any atom is 0.387 e. The second kappa shape index (κ2) is 8.54. The second-order valence-electron chi connectivity index (χ2n) is 5.28. The molecule has 0 aliphatic heterocycles. The number of aromatic nitrogens is 2. The summed E-state index contributed by atoms with van der Waals surface area (Å²) in [6.07, 6.45) is 1.99. The van der Waals surface area contributed by atoms with Gasteiger partial charge in [0.15, 0.2) is 6.10 Å². The zero-order valence-electron chi connectivity index (χ0n) is 14.0. The van der Waals surface area contributed by atoms with E-state index in [1.54, 1.807) is 6.92 Å². The lowest BCUT2D eigenvalue weighted by molar-refractivity contribution is -0.143. The van der Waals surface area contributed by atoms with E-state index in [9.17, 15) is 13.6 Å². The van der Waals surface area contributed by atoms with E-state index in [1.807, 2.05) is 17.5 Å². The number of nitrogens with zero attached hydrogens (tertiary/aromatic N) is 2. The molecule has 0 fully saturated rings. The van der Waals surface area contributed by atoms with Crippen LogP contribution < -0.4 is 4.74 Å². The average molecular weight is 392 g/mol. The third-order valence-corrected chi connectivity index (χ3v) is 4.19. The van der Waals surface area contributed by atoms with Crippen LogP contribution in [-0.4, -0.2) is 22.8 Å². The highest BCUT2D eigenvalue weighted by molar-refractivity contribution is 7.13. The van der Waals surface area contributed by atoms with Crippen molar-refractivity contribution in [1.29, 1.82) is 0 Å². The molecule has 0 saturated carbocycles. The summed E-state index contributed by atoms with van der Waals surface area (Å²) in [7, 11) is 0.